The standard InChI is InChI=1S/C15H12ClFO2/c1-8-3-4-10(5-9(8)2)11-7-14(17)12(15(18)19)6-13(11)16/h3-7H,1-2H3,(H,18,19). The molecule has 0 saturated carbocycles. The molecule has 98 valence electrons. The van der Waals surface area contributed by atoms with E-state index < -0.39 is 17.3 Å². The van der Waals surface area contributed by atoms with Crippen LogP contribution in [0.5, 0.6) is 0 Å². The van der Waals surface area contributed by atoms with E-state index in [9.17, 15) is 9.18 Å². The lowest BCUT2D eigenvalue weighted by atomic mass is 9.99. The van der Waals surface area contributed by atoms with Crippen LogP contribution in [-0.2, 0) is 0 Å². The molecule has 2 aromatic rings. The molecule has 0 bridgehead atoms. The highest BCUT2D eigenvalue weighted by molar-refractivity contribution is 6.33. The number of carboxylic acids is 1. The third kappa shape index (κ3) is 2.61. The molecule has 0 radical (unpaired) electrons. The maximum Gasteiger partial charge on any atom is 0.338 e. The number of halogens is 2. The van der Waals surface area contributed by atoms with Gasteiger partial charge in [0.05, 0.1) is 5.56 Å². The van der Waals surface area contributed by atoms with Crippen LogP contribution in [0.4, 0.5) is 4.39 Å². The summed E-state index contributed by atoms with van der Waals surface area (Å²) in [6.07, 6.45) is 0. The minimum absolute atomic E-state index is 0.224. The molecule has 0 spiro atoms. The lowest BCUT2D eigenvalue weighted by Crippen LogP contribution is -2.01. The molecule has 19 heavy (non-hydrogen) atoms. The zero-order valence-corrected chi connectivity index (χ0v) is 11.3. The Hall–Kier alpha value is -1.87. The van der Waals surface area contributed by atoms with Gasteiger partial charge in [-0.05, 0) is 42.7 Å². The van der Waals surface area contributed by atoms with Gasteiger partial charge in [0, 0.05) is 10.6 Å². The first-order valence-electron chi connectivity index (χ1n) is 5.70. The Bertz CT molecular complexity index is 665. The van der Waals surface area contributed by atoms with E-state index >= 15 is 0 Å². The highest BCUT2D eigenvalue weighted by Gasteiger charge is 2.15. The van der Waals surface area contributed by atoms with Gasteiger partial charge in [-0.3, -0.25) is 0 Å². The van der Waals surface area contributed by atoms with Crippen molar-refractivity contribution in [2.75, 3.05) is 0 Å². The van der Waals surface area contributed by atoms with Crippen LogP contribution in [0, 0.1) is 19.7 Å². The number of benzene rings is 2. The summed E-state index contributed by atoms with van der Waals surface area (Å²) in [6, 6.07) is 7.96. The molecule has 0 amide bonds. The van der Waals surface area contributed by atoms with Crippen molar-refractivity contribution in [3.63, 3.8) is 0 Å². The Morgan fingerprint density at radius 1 is 1.16 bits per heavy atom. The van der Waals surface area contributed by atoms with E-state index in [-0.39, 0.29) is 5.02 Å². The van der Waals surface area contributed by atoms with Crippen LogP contribution in [0.1, 0.15) is 21.5 Å². The lowest BCUT2D eigenvalue weighted by Gasteiger charge is -2.09. The predicted octanol–water partition coefficient (Wildman–Crippen LogP) is 4.46. The lowest BCUT2D eigenvalue weighted by molar-refractivity contribution is 0.0692. The second-order valence-electron chi connectivity index (χ2n) is 4.42. The average Bonchev–Trinajstić information content (AvgIpc) is 2.35. The van der Waals surface area contributed by atoms with Crippen molar-refractivity contribution in [3.8, 4) is 11.1 Å². The van der Waals surface area contributed by atoms with E-state index in [1.54, 1.807) is 0 Å². The Morgan fingerprint density at radius 2 is 1.84 bits per heavy atom. The van der Waals surface area contributed by atoms with Gasteiger partial charge in [-0.25, -0.2) is 9.18 Å². The van der Waals surface area contributed by atoms with Crippen LogP contribution in [0.15, 0.2) is 30.3 Å². The normalized spacial score (nSPS) is 10.5. The Morgan fingerprint density at radius 3 is 2.42 bits per heavy atom. The van der Waals surface area contributed by atoms with Gasteiger partial charge in [-0.2, -0.15) is 0 Å². The number of hydrogen-bond donors (Lipinski definition) is 1. The molecule has 0 fully saturated rings. The molecule has 0 heterocycles. The SMILES string of the molecule is Cc1ccc(-c2cc(F)c(C(=O)O)cc2Cl)cc1C. The summed E-state index contributed by atoms with van der Waals surface area (Å²) < 4.78 is 13.7. The molecule has 1 N–H and O–H groups in total. The molecule has 0 saturated heterocycles. The van der Waals surface area contributed by atoms with Crippen LogP contribution >= 0.6 is 11.6 Å². The topological polar surface area (TPSA) is 37.3 Å². The fourth-order valence-corrected chi connectivity index (χ4v) is 2.11. The van der Waals surface area contributed by atoms with Crippen molar-refractivity contribution in [2.24, 2.45) is 0 Å². The predicted molar refractivity (Wildman–Crippen MR) is 73.3 cm³/mol. The largest absolute Gasteiger partial charge is 0.478 e. The second kappa shape index (κ2) is 5.02. The van der Waals surface area contributed by atoms with E-state index in [1.807, 2.05) is 32.0 Å². The smallest absolute Gasteiger partial charge is 0.338 e. The van der Waals surface area contributed by atoms with Gasteiger partial charge in [-0.1, -0.05) is 29.8 Å². The molecule has 2 rings (SSSR count). The number of rotatable bonds is 2. The number of aromatic carboxylic acids is 1. The number of aryl methyl sites for hydroxylation is 2. The molecule has 0 aliphatic heterocycles. The average molecular weight is 279 g/mol. The number of carbonyl (C=O) groups is 1. The zero-order valence-electron chi connectivity index (χ0n) is 10.5. The number of carboxylic acid groups (broad SMARTS) is 1. The van der Waals surface area contributed by atoms with E-state index in [2.05, 4.69) is 0 Å². The number of hydrogen-bond acceptors (Lipinski definition) is 1. The summed E-state index contributed by atoms with van der Waals surface area (Å²) in [5.41, 5.74) is 3.03. The fraction of sp³-hybridized carbons (Fsp3) is 0.133. The Labute approximate surface area is 115 Å². The van der Waals surface area contributed by atoms with Crippen LogP contribution in [0.2, 0.25) is 5.02 Å². The van der Waals surface area contributed by atoms with E-state index in [1.165, 1.54) is 0 Å². The van der Waals surface area contributed by atoms with Crippen molar-refractivity contribution in [3.05, 3.63) is 57.9 Å². The molecule has 4 heteroatoms. The van der Waals surface area contributed by atoms with E-state index in [0.29, 0.717) is 5.56 Å². The van der Waals surface area contributed by atoms with Crippen LogP contribution < -0.4 is 0 Å². The van der Waals surface area contributed by atoms with Gasteiger partial charge >= 0.3 is 5.97 Å². The van der Waals surface area contributed by atoms with Gasteiger partial charge in [0.15, 0.2) is 0 Å². The van der Waals surface area contributed by atoms with Crippen molar-refractivity contribution in [1.29, 1.82) is 0 Å². The first-order chi connectivity index (χ1) is 8.90. The summed E-state index contributed by atoms with van der Waals surface area (Å²) in [5, 5.41) is 9.06. The van der Waals surface area contributed by atoms with E-state index in [4.69, 9.17) is 16.7 Å². The summed E-state index contributed by atoms with van der Waals surface area (Å²) >= 11 is 6.04. The molecule has 0 atom stereocenters. The molecule has 2 nitrogen and oxygen atoms in total. The minimum atomic E-state index is -1.33. The molecule has 0 aliphatic rings. The van der Waals surface area contributed by atoms with Crippen molar-refractivity contribution < 1.29 is 14.3 Å². The Kier molecular flexibility index (Phi) is 3.58. The first kappa shape index (κ1) is 13.6. The molecule has 0 aromatic heterocycles. The fourth-order valence-electron chi connectivity index (χ4n) is 1.84. The summed E-state index contributed by atoms with van der Waals surface area (Å²) in [5.74, 6) is -2.11. The van der Waals surface area contributed by atoms with Crippen molar-refractivity contribution in [1.82, 2.24) is 0 Å². The van der Waals surface area contributed by atoms with Gasteiger partial charge in [0.25, 0.3) is 0 Å². The summed E-state index contributed by atoms with van der Waals surface area (Å²) in [4.78, 5) is 10.8. The van der Waals surface area contributed by atoms with Gasteiger partial charge in [0.2, 0.25) is 0 Å². The van der Waals surface area contributed by atoms with Crippen LogP contribution in [0.25, 0.3) is 11.1 Å². The van der Waals surface area contributed by atoms with Gasteiger partial charge < -0.3 is 5.11 Å². The maximum atomic E-state index is 13.7. The van der Waals surface area contributed by atoms with Crippen molar-refractivity contribution >= 4 is 17.6 Å². The molecular weight excluding hydrogens is 267 g/mol. The highest BCUT2D eigenvalue weighted by Crippen LogP contribution is 2.31. The molecule has 2 aromatic carbocycles. The third-order valence-corrected chi connectivity index (χ3v) is 3.42. The molecule has 0 unspecified atom stereocenters. The minimum Gasteiger partial charge on any atom is -0.478 e. The Balaban J connectivity index is 2.60. The third-order valence-electron chi connectivity index (χ3n) is 3.11. The van der Waals surface area contributed by atoms with Crippen molar-refractivity contribution in [2.45, 2.75) is 13.8 Å². The maximum absolute atomic E-state index is 13.7. The quantitative estimate of drug-likeness (QED) is 0.880. The highest BCUT2D eigenvalue weighted by atomic mass is 35.5. The first-order valence-corrected chi connectivity index (χ1v) is 6.08. The van der Waals surface area contributed by atoms with Crippen LogP contribution in [-0.4, -0.2) is 11.1 Å². The zero-order chi connectivity index (χ0) is 14.2. The van der Waals surface area contributed by atoms with Crippen LogP contribution in [0.3, 0.4) is 0 Å². The van der Waals surface area contributed by atoms with E-state index in [0.717, 1.165) is 28.8 Å². The summed E-state index contributed by atoms with van der Waals surface area (Å²) in [6.45, 7) is 3.93. The monoisotopic (exact) mass is 278 g/mol. The van der Waals surface area contributed by atoms with Gasteiger partial charge in [-0.15, -0.1) is 0 Å². The second-order valence-corrected chi connectivity index (χ2v) is 4.82. The molecular formula is C15H12ClFO2. The summed E-state index contributed by atoms with van der Waals surface area (Å²) in [7, 11) is 0. The molecule has 0 aliphatic carbocycles. The van der Waals surface area contributed by atoms with Gasteiger partial charge in [0.1, 0.15) is 5.82 Å².